The average molecular weight is 288 g/mol. The first-order valence-electron chi connectivity index (χ1n) is 7.03. The zero-order valence-corrected chi connectivity index (χ0v) is 11.8. The van der Waals surface area contributed by atoms with E-state index >= 15 is 0 Å². The highest BCUT2D eigenvalue weighted by atomic mass is 35.5. The maximum Gasteiger partial charge on any atom is 0.160 e. The third-order valence-electron chi connectivity index (χ3n) is 3.47. The van der Waals surface area contributed by atoms with Gasteiger partial charge in [0.15, 0.2) is 11.6 Å². The van der Waals surface area contributed by atoms with Crippen LogP contribution in [0.4, 0.5) is 8.78 Å². The van der Waals surface area contributed by atoms with Gasteiger partial charge in [-0.2, -0.15) is 0 Å². The molecule has 1 saturated carbocycles. The molecule has 19 heavy (non-hydrogen) atoms. The second kappa shape index (κ2) is 7.20. The van der Waals surface area contributed by atoms with Crippen LogP contribution in [0, 0.1) is 11.6 Å². The molecule has 1 aromatic rings. The standard InChI is InChI=1S/C15H20ClF2N/c16-13-10-15(18)14(17)9-11(13)5-3-1-2-4-8-19-12-6-7-12/h9-10,12,19H,1-8H2. The minimum Gasteiger partial charge on any atom is -0.314 e. The van der Waals surface area contributed by atoms with E-state index in [4.69, 9.17) is 11.6 Å². The van der Waals surface area contributed by atoms with Crippen LogP contribution in [0.5, 0.6) is 0 Å². The van der Waals surface area contributed by atoms with Gasteiger partial charge in [0.1, 0.15) is 0 Å². The molecule has 1 aromatic carbocycles. The van der Waals surface area contributed by atoms with Crippen molar-refractivity contribution in [1.29, 1.82) is 0 Å². The molecule has 0 unspecified atom stereocenters. The Bertz CT molecular complexity index is 419. The fourth-order valence-electron chi connectivity index (χ4n) is 2.14. The van der Waals surface area contributed by atoms with Crippen LogP contribution in [0.25, 0.3) is 0 Å². The fraction of sp³-hybridized carbons (Fsp3) is 0.600. The Morgan fingerprint density at radius 2 is 1.74 bits per heavy atom. The smallest absolute Gasteiger partial charge is 0.160 e. The Morgan fingerprint density at radius 3 is 2.47 bits per heavy atom. The van der Waals surface area contributed by atoms with Gasteiger partial charge in [-0.3, -0.25) is 0 Å². The van der Waals surface area contributed by atoms with Crippen molar-refractivity contribution in [2.45, 2.75) is 51.0 Å². The minimum atomic E-state index is -0.875. The summed E-state index contributed by atoms with van der Waals surface area (Å²) >= 11 is 5.89. The van der Waals surface area contributed by atoms with Crippen LogP contribution < -0.4 is 5.32 Å². The molecule has 4 heteroatoms. The first kappa shape index (κ1) is 14.7. The molecule has 1 fully saturated rings. The van der Waals surface area contributed by atoms with E-state index in [2.05, 4.69) is 5.32 Å². The van der Waals surface area contributed by atoms with Gasteiger partial charge in [-0.1, -0.05) is 24.4 Å². The molecule has 1 aliphatic rings. The van der Waals surface area contributed by atoms with Crippen LogP contribution in [-0.2, 0) is 6.42 Å². The number of unbranched alkanes of at least 4 members (excludes halogenated alkanes) is 3. The second-order valence-electron chi connectivity index (χ2n) is 5.25. The number of halogens is 3. The highest BCUT2D eigenvalue weighted by Gasteiger charge is 2.19. The maximum absolute atomic E-state index is 13.1. The summed E-state index contributed by atoms with van der Waals surface area (Å²) in [6.45, 7) is 1.09. The van der Waals surface area contributed by atoms with E-state index in [0.29, 0.717) is 17.0 Å². The molecule has 0 aromatic heterocycles. The number of rotatable bonds is 8. The molecule has 1 aliphatic carbocycles. The predicted molar refractivity (Wildman–Crippen MR) is 74.6 cm³/mol. The molecular formula is C15H20ClF2N. The summed E-state index contributed by atoms with van der Waals surface area (Å²) in [5.41, 5.74) is 0.705. The molecule has 0 heterocycles. The molecule has 106 valence electrons. The normalized spacial score (nSPS) is 14.9. The van der Waals surface area contributed by atoms with E-state index < -0.39 is 11.6 Å². The van der Waals surface area contributed by atoms with E-state index in [1.54, 1.807) is 0 Å². The number of nitrogens with one attached hydrogen (secondary N) is 1. The molecule has 0 spiro atoms. The van der Waals surface area contributed by atoms with Gasteiger partial charge in [-0.05, 0) is 56.3 Å². The lowest BCUT2D eigenvalue weighted by atomic mass is 10.1. The Kier molecular flexibility index (Phi) is 5.59. The third-order valence-corrected chi connectivity index (χ3v) is 3.82. The van der Waals surface area contributed by atoms with Gasteiger partial charge in [0.05, 0.1) is 0 Å². The van der Waals surface area contributed by atoms with E-state index in [1.165, 1.54) is 31.7 Å². The molecular weight excluding hydrogens is 268 g/mol. The van der Waals surface area contributed by atoms with Crippen molar-refractivity contribution in [2.24, 2.45) is 0 Å². The molecule has 0 atom stereocenters. The topological polar surface area (TPSA) is 12.0 Å². The van der Waals surface area contributed by atoms with Crippen LogP contribution in [0.15, 0.2) is 12.1 Å². The SMILES string of the molecule is Fc1cc(Cl)c(CCCCCCNC2CC2)cc1F. The number of benzene rings is 1. The van der Waals surface area contributed by atoms with Crippen LogP contribution in [0.3, 0.4) is 0 Å². The van der Waals surface area contributed by atoms with Crippen molar-refractivity contribution in [2.75, 3.05) is 6.54 Å². The molecule has 2 rings (SSSR count). The van der Waals surface area contributed by atoms with Crippen molar-refractivity contribution in [3.63, 3.8) is 0 Å². The van der Waals surface area contributed by atoms with Crippen molar-refractivity contribution < 1.29 is 8.78 Å². The summed E-state index contributed by atoms with van der Waals surface area (Å²) in [6.07, 6.45) is 7.79. The monoisotopic (exact) mass is 287 g/mol. The summed E-state index contributed by atoms with van der Waals surface area (Å²) in [5, 5.41) is 3.80. The van der Waals surface area contributed by atoms with Crippen molar-refractivity contribution in [3.05, 3.63) is 34.4 Å². The molecule has 0 bridgehead atoms. The minimum absolute atomic E-state index is 0.328. The highest BCUT2D eigenvalue weighted by molar-refractivity contribution is 6.31. The molecule has 1 N–H and O–H groups in total. The molecule has 0 saturated heterocycles. The maximum atomic E-state index is 13.1. The lowest BCUT2D eigenvalue weighted by Crippen LogP contribution is -2.17. The Morgan fingerprint density at radius 1 is 1.05 bits per heavy atom. The van der Waals surface area contributed by atoms with Gasteiger partial charge in [0, 0.05) is 11.1 Å². The molecule has 0 aliphatic heterocycles. The second-order valence-corrected chi connectivity index (χ2v) is 5.66. The first-order chi connectivity index (χ1) is 9.16. The third kappa shape index (κ3) is 5.07. The van der Waals surface area contributed by atoms with E-state index in [-0.39, 0.29) is 0 Å². The van der Waals surface area contributed by atoms with Gasteiger partial charge in [-0.15, -0.1) is 0 Å². The Balaban J connectivity index is 1.60. The summed E-state index contributed by atoms with van der Waals surface area (Å²) in [7, 11) is 0. The van der Waals surface area contributed by atoms with Crippen LogP contribution >= 0.6 is 11.6 Å². The first-order valence-corrected chi connectivity index (χ1v) is 7.41. The summed E-state index contributed by atoms with van der Waals surface area (Å²) < 4.78 is 26.0. The predicted octanol–water partition coefficient (Wildman–Crippen LogP) is 4.47. The number of hydrogen-bond donors (Lipinski definition) is 1. The lowest BCUT2D eigenvalue weighted by Gasteiger charge is -2.06. The Labute approximate surface area is 118 Å². The zero-order chi connectivity index (χ0) is 13.7. The fourth-order valence-corrected chi connectivity index (χ4v) is 2.39. The van der Waals surface area contributed by atoms with Gasteiger partial charge < -0.3 is 5.32 Å². The Hall–Kier alpha value is -0.670. The summed E-state index contributed by atoms with van der Waals surface area (Å²) in [6, 6.07) is 3.05. The largest absolute Gasteiger partial charge is 0.314 e. The van der Waals surface area contributed by atoms with Crippen molar-refractivity contribution in [1.82, 2.24) is 5.32 Å². The highest BCUT2D eigenvalue weighted by Crippen LogP contribution is 2.22. The molecule has 0 radical (unpaired) electrons. The van der Waals surface area contributed by atoms with E-state index in [0.717, 1.165) is 31.5 Å². The van der Waals surface area contributed by atoms with Crippen molar-refractivity contribution in [3.8, 4) is 0 Å². The summed E-state index contributed by atoms with van der Waals surface area (Å²) in [4.78, 5) is 0. The van der Waals surface area contributed by atoms with Gasteiger partial charge in [-0.25, -0.2) is 8.78 Å². The summed E-state index contributed by atoms with van der Waals surface area (Å²) in [5.74, 6) is -1.69. The van der Waals surface area contributed by atoms with E-state index in [9.17, 15) is 8.78 Å². The number of hydrogen-bond acceptors (Lipinski definition) is 1. The van der Waals surface area contributed by atoms with Crippen LogP contribution in [0.1, 0.15) is 44.1 Å². The molecule has 0 amide bonds. The van der Waals surface area contributed by atoms with Gasteiger partial charge in [0.25, 0.3) is 0 Å². The zero-order valence-electron chi connectivity index (χ0n) is 11.0. The van der Waals surface area contributed by atoms with Gasteiger partial charge >= 0.3 is 0 Å². The molecule has 1 nitrogen and oxygen atoms in total. The quantitative estimate of drug-likeness (QED) is 0.549. The lowest BCUT2D eigenvalue weighted by molar-refractivity contribution is 0.506. The van der Waals surface area contributed by atoms with Crippen LogP contribution in [-0.4, -0.2) is 12.6 Å². The van der Waals surface area contributed by atoms with Crippen LogP contribution in [0.2, 0.25) is 5.02 Å². The van der Waals surface area contributed by atoms with E-state index in [1.807, 2.05) is 0 Å². The number of aryl methyl sites for hydroxylation is 1. The van der Waals surface area contributed by atoms with Crippen molar-refractivity contribution >= 4 is 11.6 Å². The van der Waals surface area contributed by atoms with Gasteiger partial charge in [0.2, 0.25) is 0 Å². The average Bonchev–Trinajstić information content (AvgIpc) is 3.18.